The number of benzene rings is 1. The maximum absolute atomic E-state index is 12.3. The van der Waals surface area contributed by atoms with Crippen molar-refractivity contribution in [2.45, 2.75) is 31.7 Å². The lowest BCUT2D eigenvalue weighted by atomic mass is 9.85. The lowest BCUT2D eigenvalue weighted by Gasteiger charge is -2.30. The van der Waals surface area contributed by atoms with Crippen LogP contribution < -0.4 is 5.32 Å². The van der Waals surface area contributed by atoms with Crippen molar-refractivity contribution < 1.29 is 9.72 Å². The Balaban J connectivity index is 2.14. The molecular formula is C14H16BrClN2O3. The predicted molar refractivity (Wildman–Crippen MR) is 84.7 cm³/mol. The molecule has 0 spiro atoms. The van der Waals surface area contributed by atoms with E-state index in [1.807, 2.05) is 0 Å². The zero-order valence-electron chi connectivity index (χ0n) is 11.4. The van der Waals surface area contributed by atoms with E-state index in [1.54, 1.807) is 6.07 Å². The molecule has 0 radical (unpaired) electrons. The molecular weight excluding hydrogens is 360 g/mol. The average molecular weight is 376 g/mol. The summed E-state index contributed by atoms with van der Waals surface area (Å²) in [5.41, 5.74) is 0.182. The van der Waals surface area contributed by atoms with Crippen LogP contribution in [0.25, 0.3) is 0 Å². The summed E-state index contributed by atoms with van der Waals surface area (Å²) in [5, 5.41) is 13.8. The number of non-ortho nitro benzene ring substituents is 1. The van der Waals surface area contributed by atoms with E-state index in [2.05, 4.69) is 21.2 Å². The number of alkyl halides is 1. The van der Waals surface area contributed by atoms with E-state index in [9.17, 15) is 14.9 Å². The molecule has 1 aliphatic carbocycles. The first kappa shape index (κ1) is 16.2. The maximum Gasteiger partial charge on any atom is 0.271 e. The number of hydrogen-bond acceptors (Lipinski definition) is 3. The lowest BCUT2D eigenvalue weighted by Crippen LogP contribution is -2.42. The summed E-state index contributed by atoms with van der Waals surface area (Å²) in [6.07, 6.45) is 4.11. The second-order valence-corrected chi connectivity index (χ2v) is 6.46. The number of nitrogens with zero attached hydrogens (tertiary/aromatic N) is 1. The van der Waals surface area contributed by atoms with Gasteiger partial charge in [0, 0.05) is 34.1 Å². The summed E-state index contributed by atoms with van der Waals surface area (Å²) in [7, 11) is 0. The van der Waals surface area contributed by atoms with Crippen LogP contribution in [0.1, 0.15) is 36.0 Å². The van der Waals surface area contributed by atoms with Crippen molar-refractivity contribution in [2.24, 2.45) is 5.92 Å². The first-order valence-corrected chi connectivity index (χ1v) is 8.16. The van der Waals surface area contributed by atoms with Crippen molar-refractivity contribution in [2.75, 3.05) is 5.88 Å². The molecule has 2 atom stereocenters. The van der Waals surface area contributed by atoms with Gasteiger partial charge in [-0.1, -0.05) is 28.8 Å². The molecule has 1 aromatic rings. The highest BCUT2D eigenvalue weighted by Gasteiger charge is 2.26. The van der Waals surface area contributed by atoms with Crippen LogP contribution in [0.4, 0.5) is 5.69 Å². The number of hydrogen-bond donors (Lipinski definition) is 1. The first-order valence-electron chi connectivity index (χ1n) is 6.83. The molecule has 7 heteroatoms. The zero-order valence-corrected chi connectivity index (χ0v) is 13.7. The van der Waals surface area contributed by atoms with E-state index in [4.69, 9.17) is 11.6 Å². The van der Waals surface area contributed by atoms with Gasteiger partial charge in [-0.25, -0.2) is 0 Å². The molecule has 114 valence electrons. The Bertz CT molecular complexity index is 553. The Kier molecular flexibility index (Phi) is 5.58. The third kappa shape index (κ3) is 4.17. The molecule has 1 fully saturated rings. The molecule has 1 aliphatic rings. The summed E-state index contributed by atoms with van der Waals surface area (Å²) < 4.78 is 0.513. The first-order chi connectivity index (χ1) is 10.0. The molecule has 2 rings (SSSR count). The number of carbonyl (C=O) groups excluding carboxylic acids is 1. The fraction of sp³-hybridized carbons (Fsp3) is 0.500. The SMILES string of the molecule is O=C(NC1CCCCC1CCl)c1cc(Br)cc([N+](=O)[O-])c1. The van der Waals surface area contributed by atoms with Gasteiger partial charge in [-0.2, -0.15) is 0 Å². The lowest BCUT2D eigenvalue weighted by molar-refractivity contribution is -0.385. The topological polar surface area (TPSA) is 72.2 Å². The number of nitro benzene ring substituents is 1. The minimum atomic E-state index is -0.510. The van der Waals surface area contributed by atoms with Gasteiger partial charge < -0.3 is 5.32 Å². The average Bonchev–Trinajstić information content (AvgIpc) is 2.47. The molecule has 0 aromatic heterocycles. The van der Waals surface area contributed by atoms with Crippen molar-refractivity contribution in [1.29, 1.82) is 0 Å². The molecule has 5 nitrogen and oxygen atoms in total. The smallest absolute Gasteiger partial charge is 0.271 e. The van der Waals surface area contributed by atoms with Crippen molar-refractivity contribution in [3.63, 3.8) is 0 Å². The highest BCUT2D eigenvalue weighted by Crippen LogP contribution is 2.26. The van der Waals surface area contributed by atoms with Crippen molar-refractivity contribution in [3.8, 4) is 0 Å². The minimum absolute atomic E-state index is 0.0433. The normalized spacial score (nSPS) is 21.8. The molecule has 2 unspecified atom stereocenters. The van der Waals surface area contributed by atoms with Crippen LogP contribution in [0.5, 0.6) is 0 Å². The number of nitrogens with one attached hydrogen (secondary N) is 1. The Labute approximate surface area is 136 Å². The third-order valence-corrected chi connectivity index (χ3v) is 4.63. The Morgan fingerprint density at radius 2 is 2.10 bits per heavy atom. The number of rotatable bonds is 4. The summed E-state index contributed by atoms with van der Waals surface area (Å²) in [6.45, 7) is 0. The minimum Gasteiger partial charge on any atom is -0.349 e. The van der Waals surface area contributed by atoms with Gasteiger partial charge in [0.25, 0.3) is 11.6 Å². The van der Waals surface area contributed by atoms with E-state index in [-0.39, 0.29) is 29.1 Å². The van der Waals surface area contributed by atoms with Gasteiger partial charge in [0.05, 0.1) is 4.92 Å². The van der Waals surface area contributed by atoms with Gasteiger partial charge in [-0.05, 0) is 24.8 Å². The van der Waals surface area contributed by atoms with Gasteiger partial charge in [-0.15, -0.1) is 11.6 Å². The van der Waals surface area contributed by atoms with Gasteiger partial charge >= 0.3 is 0 Å². The molecule has 21 heavy (non-hydrogen) atoms. The highest BCUT2D eigenvalue weighted by atomic mass is 79.9. The molecule has 1 saturated carbocycles. The number of carbonyl (C=O) groups is 1. The van der Waals surface area contributed by atoms with Crippen LogP contribution in [0, 0.1) is 16.0 Å². The fourth-order valence-electron chi connectivity index (χ4n) is 2.64. The van der Waals surface area contributed by atoms with Crippen LogP contribution in [-0.2, 0) is 0 Å². The highest BCUT2D eigenvalue weighted by molar-refractivity contribution is 9.10. The van der Waals surface area contributed by atoms with Crippen LogP contribution in [0.2, 0.25) is 0 Å². The number of halogens is 2. The molecule has 0 saturated heterocycles. The molecule has 1 aromatic carbocycles. The molecule has 0 bridgehead atoms. The predicted octanol–water partition coefficient (Wildman–Crippen LogP) is 3.88. The summed E-state index contributed by atoms with van der Waals surface area (Å²) in [4.78, 5) is 22.6. The molecule has 1 N–H and O–H groups in total. The standard InChI is InChI=1S/C14H16BrClN2O3/c15-11-5-10(6-12(7-11)18(20)21)14(19)17-13-4-2-1-3-9(13)8-16/h5-7,9,13H,1-4,8H2,(H,17,19). The van der Waals surface area contributed by atoms with E-state index in [1.165, 1.54) is 12.1 Å². The number of nitro groups is 1. The van der Waals surface area contributed by atoms with Gasteiger partial charge in [0.2, 0.25) is 0 Å². The Hall–Kier alpha value is -1.14. The second-order valence-electron chi connectivity index (χ2n) is 5.23. The van der Waals surface area contributed by atoms with E-state index < -0.39 is 4.92 Å². The van der Waals surface area contributed by atoms with Crippen LogP contribution >= 0.6 is 27.5 Å². The quantitative estimate of drug-likeness (QED) is 0.493. The van der Waals surface area contributed by atoms with Crippen LogP contribution in [0.15, 0.2) is 22.7 Å². The van der Waals surface area contributed by atoms with Crippen molar-refractivity contribution >= 4 is 39.1 Å². The Morgan fingerprint density at radius 3 is 2.76 bits per heavy atom. The van der Waals surface area contributed by atoms with E-state index in [0.29, 0.717) is 10.4 Å². The monoisotopic (exact) mass is 374 g/mol. The molecule has 0 heterocycles. The van der Waals surface area contributed by atoms with Crippen LogP contribution in [-0.4, -0.2) is 22.8 Å². The summed E-state index contributed by atoms with van der Waals surface area (Å²) >= 11 is 9.14. The van der Waals surface area contributed by atoms with Crippen molar-refractivity contribution in [1.82, 2.24) is 5.32 Å². The third-order valence-electron chi connectivity index (χ3n) is 3.78. The van der Waals surface area contributed by atoms with Gasteiger partial charge in [0.1, 0.15) is 0 Å². The van der Waals surface area contributed by atoms with E-state index >= 15 is 0 Å². The molecule has 1 amide bonds. The zero-order chi connectivity index (χ0) is 15.4. The largest absolute Gasteiger partial charge is 0.349 e. The summed E-state index contributed by atoms with van der Waals surface area (Å²) in [5.74, 6) is 0.497. The van der Waals surface area contributed by atoms with Crippen LogP contribution in [0.3, 0.4) is 0 Å². The van der Waals surface area contributed by atoms with Gasteiger partial charge in [-0.3, -0.25) is 14.9 Å². The van der Waals surface area contributed by atoms with Crippen molar-refractivity contribution in [3.05, 3.63) is 38.3 Å². The maximum atomic E-state index is 12.3. The fourth-order valence-corrected chi connectivity index (χ4v) is 3.50. The second kappa shape index (κ2) is 7.22. The molecule has 0 aliphatic heterocycles. The number of amides is 1. The Morgan fingerprint density at radius 1 is 1.38 bits per heavy atom. The van der Waals surface area contributed by atoms with E-state index in [0.717, 1.165) is 25.7 Å². The summed E-state index contributed by atoms with van der Waals surface area (Å²) in [6, 6.07) is 4.29. The van der Waals surface area contributed by atoms with Gasteiger partial charge in [0.15, 0.2) is 0 Å².